The Morgan fingerprint density at radius 2 is 1.13 bits per heavy atom. The van der Waals surface area contributed by atoms with Crippen molar-refractivity contribution < 1.29 is 37.3 Å². The number of phosphoric ester groups is 1. The quantitative estimate of drug-likeness (QED) is 0.0417. The number of hydrogen-bond donors (Lipinski definition) is 1. The van der Waals surface area contributed by atoms with E-state index < -0.39 is 19.9 Å². The van der Waals surface area contributed by atoms with Crippen molar-refractivity contribution in [1.82, 2.24) is 0 Å². The summed E-state index contributed by atoms with van der Waals surface area (Å²) in [5.74, 6) is -0.487. The van der Waals surface area contributed by atoms with E-state index >= 15 is 0 Å². The minimum absolute atomic E-state index is 0.0887. The number of rotatable bonds is 29. The highest BCUT2D eigenvalue weighted by molar-refractivity contribution is 7.47. The van der Waals surface area contributed by atoms with Gasteiger partial charge < -0.3 is 18.9 Å². The van der Waals surface area contributed by atoms with Crippen molar-refractivity contribution in [3.8, 4) is 0 Å². The molecular formula is C30H63NO7P+. The van der Waals surface area contributed by atoms with E-state index in [9.17, 15) is 14.3 Å². The first kappa shape index (κ1) is 38.5. The fourth-order valence-electron chi connectivity index (χ4n) is 4.32. The molecule has 0 aliphatic carbocycles. The minimum Gasteiger partial charge on any atom is -0.458 e. The van der Waals surface area contributed by atoms with Crippen molar-refractivity contribution in [2.45, 2.75) is 136 Å². The van der Waals surface area contributed by atoms with Crippen LogP contribution in [0.5, 0.6) is 0 Å². The summed E-state index contributed by atoms with van der Waals surface area (Å²) < 4.78 is 33.5. The highest BCUT2D eigenvalue weighted by atomic mass is 31.2. The topological polar surface area (TPSA) is 91.3 Å². The molecule has 8 nitrogen and oxygen atoms in total. The summed E-state index contributed by atoms with van der Waals surface area (Å²) in [5.41, 5.74) is 0. The Labute approximate surface area is 240 Å². The van der Waals surface area contributed by atoms with Gasteiger partial charge in [0.25, 0.3) is 0 Å². The van der Waals surface area contributed by atoms with E-state index in [1.807, 2.05) is 21.1 Å². The summed E-state index contributed by atoms with van der Waals surface area (Å²) in [6, 6.07) is 0. The van der Waals surface area contributed by atoms with Crippen LogP contribution in [0.2, 0.25) is 0 Å². The molecule has 0 saturated carbocycles. The van der Waals surface area contributed by atoms with Crippen LogP contribution in [0.4, 0.5) is 0 Å². The molecule has 9 heteroatoms. The molecule has 0 spiro atoms. The highest BCUT2D eigenvalue weighted by Gasteiger charge is 2.25. The van der Waals surface area contributed by atoms with Crippen molar-refractivity contribution in [2.75, 3.05) is 54.1 Å². The number of likely N-dealkylation sites (N-methyl/N-ethyl adjacent to an activating group) is 1. The van der Waals surface area contributed by atoms with Crippen molar-refractivity contribution in [1.29, 1.82) is 0 Å². The Morgan fingerprint density at radius 3 is 1.54 bits per heavy atom. The first-order valence-electron chi connectivity index (χ1n) is 15.7. The average Bonchev–Trinajstić information content (AvgIpc) is 2.84. The number of quaternary nitrogens is 1. The zero-order chi connectivity index (χ0) is 29.2. The van der Waals surface area contributed by atoms with Crippen LogP contribution in [0, 0.1) is 0 Å². The van der Waals surface area contributed by atoms with Crippen LogP contribution < -0.4 is 0 Å². The number of hydrogen-bond acceptors (Lipinski definition) is 6. The lowest BCUT2D eigenvalue weighted by Gasteiger charge is -2.24. The number of phosphoric acid groups is 1. The molecule has 2 unspecified atom stereocenters. The molecule has 2 atom stereocenters. The van der Waals surface area contributed by atoms with Gasteiger partial charge in [0.15, 0.2) is 0 Å². The molecule has 0 radical (unpaired) electrons. The molecule has 0 bridgehead atoms. The van der Waals surface area contributed by atoms with Gasteiger partial charge in [0, 0.05) is 13.5 Å². The molecule has 0 aromatic carbocycles. The van der Waals surface area contributed by atoms with Crippen LogP contribution in [0.3, 0.4) is 0 Å². The molecule has 39 heavy (non-hydrogen) atoms. The zero-order valence-corrected chi connectivity index (χ0v) is 27.0. The van der Waals surface area contributed by atoms with E-state index in [4.69, 9.17) is 18.5 Å². The fourth-order valence-corrected chi connectivity index (χ4v) is 5.06. The van der Waals surface area contributed by atoms with Gasteiger partial charge in [-0.25, -0.2) is 4.57 Å². The van der Waals surface area contributed by atoms with Crippen LogP contribution >= 0.6 is 7.82 Å². The SMILES string of the molecule is CCCCCCCCCCCCCCCCCCCCOCC(COP(=O)(O)OCC[N+](C)(C)C)OC(C)=O. The number of carbonyl (C=O) groups is 1. The molecular weight excluding hydrogens is 517 g/mol. The normalized spacial score (nSPS) is 14.3. The van der Waals surface area contributed by atoms with Gasteiger partial charge in [-0.05, 0) is 6.42 Å². The van der Waals surface area contributed by atoms with E-state index in [-0.39, 0.29) is 19.8 Å². The molecule has 0 heterocycles. The second kappa shape index (κ2) is 25.2. The molecule has 0 aromatic heterocycles. The van der Waals surface area contributed by atoms with Gasteiger partial charge >= 0.3 is 13.8 Å². The molecule has 0 amide bonds. The zero-order valence-electron chi connectivity index (χ0n) is 26.1. The molecule has 0 aliphatic heterocycles. The maximum absolute atomic E-state index is 12.1. The third-order valence-electron chi connectivity index (χ3n) is 6.72. The maximum atomic E-state index is 12.1. The van der Waals surface area contributed by atoms with Crippen molar-refractivity contribution in [3.63, 3.8) is 0 Å². The van der Waals surface area contributed by atoms with Gasteiger partial charge in [-0.2, -0.15) is 0 Å². The minimum atomic E-state index is -4.21. The number of nitrogens with zero attached hydrogens (tertiary/aromatic N) is 1. The number of unbranched alkanes of at least 4 members (excludes halogenated alkanes) is 17. The molecule has 0 aromatic rings. The van der Waals surface area contributed by atoms with E-state index in [1.54, 1.807) is 0 Å². The lowest BCUT2D eigenvalue weighted by Crippen LogP contribution is -2.37. The maximum Gasteiger partial charge on any atom is 0.472 e. The van der Waals surface area contributed by atoms with Crippen LogP contribution in [-0.2, 0) is 27.9 Å². The Balaban J connectivity index is 3.65. The molecule has 0 aliphatic rings. The molecule has 1 N–H and O–H groups in total. The molecule has 0 fully saturated rings. The third-order valence-corrected chi connectivity index (χ3v) is 7.70. The van der Waals surface area contributed by atoms with Gasteiger partial charge in [0.05, 0.1) is 34.4 Å². The van der Waals surface area contributed by atoms with E-state index in [1.165, 1.54) is 110 Å². The van der Waals surface area contributed by atoms with Crippen molar-refractivity contribution in [3.05, 3.63) is 0 Å². The van der Waals surface area contributed by atoms with E-state index in [0.717, 1.165) is 12.8 Å². The largest absolute Gasteiger partial charge is 0.472 e. The van der Waals surface area contributed by atoms with Crippen molar-refractivity contribution >= 4 is 13.8 Å². The number of carbonyl (C=O) groups excluding carboxylic acids is 1. The summed E-state index contributed by atoms with van der Waals surface area (Å²) >= 11 is 0. The predicted octanol–water partition coefficient (Wildman–Crippen LogP) is 7.82. The van der Waals surface area contributed by atoms with E-state index in [2.05, 4.69) is 6.92 Å². The summed E-state index contributed by atoms with van der Waals surface area (Å²) in [7, 11) is 1.67. The molecule has 0 saturated heterocycles. The van der Waals surface area contributed by atoms with Crippen LogP contribution in [-0.4, -0.2) is 75.6 Å². The molecule has 0 rings (SSSR count). The van der Waals surface area contributed by atoms with Crippen LogP contribution in [0.1, 0.15) is 129 Å². The van der Waals surface area contributed by atoms with Crippen LogP contribution in [0.15, 0.2) is 0 Å². The lowest BCUT2D eigenvalue weighted by atomic mass is 10.0. The third kappa shape index (κ3) is 30.3. The standard InChI is InChI=1S/C30H62NO7P/c1-6-7-8-9-10-11-12-13-14-15-16-17-18-19-20-21-22-23-25-35-27-30(38-29(2)32)28-37-39(33,34)36-26-24-31(3,4)5/h30H,6-28H2,1-5H3/p+1. The highest BCUT2D eigenvalue weighted by Crippen LogP contribution is 2.43. The van der Waals surface area contributed by atoms with Gasteiger partial charge in [0.2, 0.25) is 0 Å². The van der Waals surface area contributed by atoms with Gasteiger partial charge in [-0.3, -0.25) is 13.8 Å². The predicted molar refractivity (Wildman–Crippen MR) is 160 cm³/mol. The van der Waals surface area contributed by atoms with Gasteiger partial charge in [0.1, 0.15) is 19.3 Å². The van der Waals surface area contributed by atoms with Gasteiger partial charge in [-0.15, -0.1) is 0 Å². The van der Waals surface area contributed by atoms with Crippen LogP contribution in [0.25, 0.3) is 0 Å². The Bertz CT molecular complexity index is 613. The summed E-state index contributed by atoms with van der Waals surface area (Å²) in [6.07, 6.45) is 23.2. The average molecular weight is 581 g/mol. The second-order valence-corrected chi connectivity index (χ2v) is 13.4. The van der Waals surface area contributed by atoms with E-state index in [0.29, 0.717) is 17.6 Å². The van der Waals surface area contributed by atoms with Gasteiger partial charge in [-0.1, -0.05) is 116 Å². The second-order valence-electron chi connectivity index (χ2n) is 11.9. The number of esters is 1. The monoisotopic (exact) mass is 580 g/mol. The molecule has 234 valence electrons. The Kier molecular flexibility index (Phi) is 24.9. The Morgan fingerprint density at radius 1 is 0.692 bits per heavy atom. The Hall–Kier alpha value is -0.500. The van der Waals surface area contributed by atoms with Crippen molar-refractivity contribution in [2.24, 2.45) is 0 Å². The first-order chi connectivity index (χ1) is 18.6. The number of ether oxygens (including phenoxy) is 2. The smallest absolute Gasteiger partial charge is 0.458 e. The lowest BCUT2D eigenvalue weighted by molar-refractivity contribution is -0.870. The summed E-state index contributed by atoms with van der Waals surface area (Å²) in [5, 5.41) is 0. The summed E-state index contributed by atoms with van der Waals surface area (Å²) in [6.45, 7) is 4.65. The first-order valence-corrected chi connectivity index (χ1v) is 17.2. The fraction of sp³-hybridized carbons (Fsp3) is 0.967. The summed E-state index contributed by atoms with van der Waals surface area (Å²) in [4.78, 5) is 21.2.